The lowest BCUT2D eigenvalue weighted by molar-refractivity contribution is -0.393. The Morgan fingerprint density at radius 2 is 2.00 bits per heavy atom. The Hall–Kier alpha value is -2.77. The summed E-state index contributed by atoms with van der Waals surface area (Å²) in [5.41, 5.74) is 4.41. The minimum Gasteiger partial charge on any atom is -0.271 e. The van der Waals surface area contributed by atoms with E-state index in [1.54, 1.807) is 0 Å². The van der Waals surface area contributed by atoms with E-state index in [1.165, 1.54) is 37.0 Å². The van der Waals surface area contributed by atoms with Gasteiger partial charge in [0.15, 0.2) is 0 Å². The molecule has 3 rings (SSSR count). The third-order valence-electron chi connectivity index (χ3n) is 5.74. The van der Waals surface area contributed by atoms with Crippen LogP contribution in [-0.4, -0.2) is 15.6 Å². The van der Waals surface area contributed by atoms with Gasteiger partial charge in [-0.3, -0.25) is 25.7 Å². The van der Waals surface area contributed by atoms with E-state index in [4.69, 9.17) is 0 Å². The van der Waals surface area contributed by atoms with Crippen molar-refractivity contribution in [3.05, 3.63) is 50.1 Å². The second kappa shape index (κ2) is 6.51. The first kappa shape index (κ1) is 18.0. The second-order valence-corrected chi connectivity index (χ2v) is 7.61. The Kier molecular flexibility index (Phi) is 4.52. The van der Waals surface area contributed by atoms with Crippen LogP contribution in [0, 0.1) is 37.5 Å². The van der Waals surface area contributed by atoms with E-state index in [-0.39, 0.29) is 22.5 Å². The van der Waals surface area contributed by atoms with Gasteiger partial charge >= 0.3 is 5.69 Å². The molecule has 2 aliphatic carbocycles. The number of nitro groups is 2. The number of hydrazone groups is 1. The Morgan fingerprint density at radius 3 is 2.58 bits per heavy atom. The van der Waals surface area contributed by atoms with E-state index in [0.717, 1.165) is 17.7 Å². The maximum absolute atomic E-state index is 11.2. The van der Waals surface area contributed by atoms with Crippen molar-refractivity contribution in [3.63, 3.8) is 0 Å². The van der Waals surface area contributed by atoms with Gasteiger partial charge in [0.1, 0.15) is 5.69 Å². The Labute approximate surface area is 151 Å². The van der Waals surface area contributed by atoms with Gasteiger partial charge in [0.25, 0.3) is 5.69 Å². The average molecular weight is 358 g/mol. The molecule has 0 unspecified atom stereocenters. The molecular formula is C18H22N4O4. The molecule has 8 nitrogen and oxygen atoms in total. The third-order valence-corrected chi connectivity index (χ3v) is 5.74. The summed E-state index contributed by atoms with van der Waals surface area (Å²) < 4.78 is 0. The van der Waals surface area contributed by atoms with Gasteiger partial charge in [0.05, 0.1) is 21.6 Å². The number of anilines is 1. The molecule has 8 heteroatoms. The van der Waals surface area contributed by atoms with Crippen LogP contribution in [0.4, 0.5) is 17.1 Å². The van der Waals surface area contributed by atoms with Crippen molar-refractivity contribution in [3.8, 4) is 0 Å². The number of benzene rings is 1. The van der Waals surface area contributed by atoms with Crippen molar-refractivity contribution in [1.82, 2.24) is 0 Å². The summed E-state index contributed by atoms with van der Waals surface area (Å²) in [6.07, 6.45) is 5.80. The molecular weight excluding hydrogens is 336 g/mol. The predicted molar refractivity (Wildman–Crippen MR) is 99.2 cm³/mol. The lowest BCUT2D eigenvalue weighted by Crippen LogP contribution is -2.23. The quantitative estimate of drug-likeness (QED) is 0.467. The van der Waals surface area contributed by atoms with Crippen LogP contribution in [0.2, 0.25) is 0 Å². The molecule has 2 atom stereocenters. The highest BCUT2D eigenvalue weighted by atomic mass is 16.6. The predicted octanol–water partition coefficient (Wildman–Crippen LogP) is 4.67. The normalized spacial score (nSPS) is 25.5. The largest absolute Gasteiger partial charge is 0.301 e. The molecule has 0 spiro atoms. The van der Waals surface area contributed by atoms with Gasteiger partial charge in [-0.05, 0) is 55.6 Å². The molecule has 0 aromatic heterocycles. The molecule has 2 aliphatic rings. The van der Waals surface area contributed by atoms with E-state index < -0.39 is 9.85 Å². The average Bonchev–Trinajstić information content (AvgIpc) is 3.14. The van der Waals surface area contributed by atoms with E-state index >= 15 is 0 Å². The van der Waals surface area contributed by atoms with Gasteiger partial charge in [-0.15, -0.1) is 0 Å². The molecule has 1 aromatic rings. The van der Waals surface area contributed by atoms with Crippen LogP contribution in [0.3, 0.4) is 0 Å². The SMILES string of the molecule is CC(/C=C1/[C@H]2CC[C@@H](C2)C1(C)C)=N\Nc1ccc([N+](=O)[O-])cc1[N+](=O)[O-]. The number of non-ortho nitro benzene ring substituents is 1. The molecule has 0 aliphatic heterocycles. The maximum atomic E-state index is 11.2. The number of nitrogens with zero attached hydrogens (tertiary/aromatic N) is 3. The first-order valence-electron chi connectivity index (χ1n) is 8.65. The summed E-state index contributed by atoms with van der Waals surface area (Å²) >= 11 is 0. The second-order valence-electron chi connectivity index (χ2n) is 7.61. The van der Waals surface area contributed by atoms with Crippen LogP contribution in [0.15, 0.2) is 34.9 Å². The third kappa shape index (κ3) is 3.18. The smallest absolute Gasteiger partial charge is 0.271 e. The first-order chi connectivity index (χ1) is 12.2. The van der Waals surface area contributed by atoms with Crippen molar-refractivity contribution in [2.75, 3.05) is 5.43 Å². The Bertz CT molecular complexity index is 828. The minimum absolute atomic E-state index is 0.130. The highest BCUT2D eigenvalue weighted by Gasteiger charge is 2.48. The van der Waals surface area contributed by atoms with Crippen molar-refractivity contribution in [1.29, 1.82) is 0 Å². The number of nitro benzene ring substituents is 2. The summed E-state index contributed by atoms with van der Waals surface area (Å²) in [7, 11) is 0. The summed E-state index contributed by atoms with van der Waals surface area (Å²) in [6, 6.07) is 3.46. The molecule has 2 saturated carbocycles. The van der Waals surface area contributed by atoms with Gasteiger partial charge in [-0.1, -0.05) is 19.4 Å². The Morgan fingerprint density at radius 1 is 1.27 bits per heavy atom. The standard InChI is InChI=1S/C18H22N4O4/c1-11(8-15-12-4-5-13(9-12)18(15,2)3)19-20-16-7-6-14(21(23)24)10-17(16)22(25)26/h6-8,10,12-13,20H,4-5,9H2,1-3H3/b15-8-,19-11+/t12-,13-/m0/s1. The van der Waals surface area contributed by atoms with Crippen LogP contribution < -0.4 is 5.43 Å². The lowest BCUT2D eigenvalue weighted by atomic mass is 9.72. The molecule has 2 bridgehead atoms. The highest BCUT2D eigenvalue weighted by Crippen LogP contribution is 2.58. The molecule has 1 aromatic carbocycles. The molecule has 26 heavy (non-hydrogen) atoms. The number of fused-ring (bicyclic) bond motifs is 2. The highest BCUT2D eigenvalue weighted by molar-refractivity contribution is 5.94. The van der Waals surface area contributed by atoms with Gasteiger partial charge in [0.2, 0.25) is 0 Å². The van der Waals surface area contributed by atoms with Crippen molar-refractivity contribution < 1.29 is 9.85 Å². The van der Waals surface area contributed by atoms with E-state index in [1.807, 2.05) is 6.92 Å². The number of nitrogens with one attached hydrogen (secondary N) is 1. The van der Waals surface area contributed by atoms with Crippen LogP contribution in [-0.2, 0) is 0 Å². The molecule has 0 radical (unpaired) electrons. The van der Waals surface area contributed by atoms with Gasteiger partial charge in [-0.25, -0.2) is 0 Å². The topological polar surface area (TPSA) is 111 Å². The number of hydrogen-bond acceptors (Lipinski definition) is 6. The van der Waals surface area contributed by atoms with Crippen molar-refractivity contribution in [2.24, 2.45) is 22.4 Å². The summed E-state index contributed by atoms with van der Waals surface area (Å²) in [5.74, 6) is 1.32. The fourth-order valence-corrected chi connectivity index (χ4v) is 4.27. The number of hydrogen-bond donors (Lipinski definition) is 1. The van der Waals surface area contributed by atoms with Crippen LogP contribution in [0.1, 0.15) is 40.0 Å². The molecule has 138 valence electrons. The zero-order chi connectivity index (χ0) is 19.1. The van der Waals surface area contributed by atoms with E-state index in [9.17, 15) is 20.2 Å². The molecule has 0 saturated heterocycles. The first-order valence-corrected chi connectivity index (χ1v) is 8.65. The van der Waals surface area contributed by atoms with Crippen molar-refractivity contribution >= 4 is 22.8 Å². The van der Waals surface area contributed by atoms with Gasteiger partial charge < -0.3 is 0 Å². The van der Waals surface area contributed by atoms with Gasteiger partial charge in [0, 0.05) is 6.07 Å². The Balaban J connectivity index is 1.83. The summed E-state index contributed by atoms with van der Waals surface area (Å²) in [5, 5.41) is 26.2. The summed E-state index contributed by atoms with van der Waals surface area (Å²) in [4.78, 5) is 20.7. The number of rotatable bonds is 5. The van der Waals surface area contributed by atoms with Gasteiger partial charge in [-0.2, -0.15) is 5.10 Å². The number of allylic oxidation sites excluding steroid dienone is 2. The maximum Gasteiger partial charge on any atom is 0.301 e. The zero-order valence-corrected chi connectivity index (χ0v) is 15.1. The van der Waals surface area contributed by atoms with Crippen molar-refractivity contribution in [2.45, 2.75) is 40.0 Å². The molecule has 1 N–H and O–H groups in total. The van der Waals surface area contributed by atoms with E-state index in [2.05, 4.69) is 30.5 Å². The fraction of sp³-hybridized carbons (Fsp3) is 0.500. The van der Waals surface area contributed by atoms with Crippen LogP contribution in [0.25, 0.3) is 0 Å². The van der Waals surface area contributed by atoms with E-state index in [0.29, 0.717) is 5.92 Å². The molecule has 0 amide bonds. The fourth-order valence-electron chi connectivity index (χ4n) is 4.27. The lowest BCUT2D eigenvalue weighted by Gasteiger charge is -2.32. The zero-order valence-electron chi connectivity index (χ0n) is 15.1. The summed E-state index contributed by atoms with van der Waals surface area (Å²) in [6.45, 7) is 6.38. The monoisotopic (exact) mass is 358 g/mol. The van der Waals surface area contributed by atoms with Crippen LogP contribution in [0.5, 0.6) is 0 Å². The molecule has 0 heterocycles. The van der Waals surface area contributed by atoms with Crippen LogP contribution >= 0.6 is 0 Å². The molecule has 2 fully saturated rings. The minimum atomic E-state index is -0.660.